The molecule has 2 saturated heterocycles. The smallest absolute Gasteiger partial charge is 0.371 e. The highest BCUT2D eigenvalue weighted by atomic mass is 19.4. The fourth-order valence-corrected chi connectivity index (χ4v) is 5.76. The van der Waals surface area contributed by atoms with Crippen LogP contribution in [0.5, 0.6) is 0 Å². The van der Waals surface area contributed by atoms with Gasteiger partial charge in [-0.05, 0) is 56.8 Å². The highest BCUT2D eigenvalue weighted by Gasteiger charge is 2.34. The number of anilines is 2. The first-order valence-corrected chi connectivity index (χ1v) is 13.0. The molecule has 0 aliphatic carbocycles. The number of benzene rings is 3. The molecule has 3 aromatic carbocycles. The average molecular weight is 515 g/mol. The van der Waals surface area contributed by atoms with E-state index in [-0.39, 0.29) is 18.2 Å². The predicted octanol–water partition coefficient (Wildman–Crippen LogP) is 5.85. The molecule has 0 saturated carbocycles. The van der Waals surface area contributed by atoms with Crippen molar-refractivity contribution in [3.63, 3.8) is 0 Å². The average Bonchev–Trinajstić information content (AvgIpc) is 2.89. The molecule has 0 unspecified atom stereocenters. The van der Waals surface area contributed by atoms with Crippen LogP contribution in [0, 0.1) is 5.82 Å². The van der Waals surface area contributed by atoms with Gasteiger partial charge in [-0.25, -0.2) is 4.39 Å². The molecule has 5 rings (SSSR count). The molecular formula is C29H34F4N4. The first kappa shape index (κ1) is 25.8. The van der Waals surface area contributed by atoms with Crippen molar-refractivity contribution < 1.29 is 17.6 Å². The number of nitrogens with zero attached hydrogens (tertiary/aromatic N) is 4. The molecule has 0 radical (unpaired) electrons. The fourth-order valence-electron chi connectivity index (χ4n) is 5.76. The molecule has 0 amide bonds. The number of halogens is 4. The van der Waals surface area contributed by atoms with Gasteiger partial charge in [-0.15, -0.1) is 0 Å². The van der Waals surface area contributed by atoms with Gasteiger partial charge >= 0.3 is 6.18 Å². The summed E-state index contributed by atoms with van der Waals surface area (Å²) in [6.45, 7) is 5.95. The Bertz CT molecular complexity index is 1230. The maximum Gasteiger partial charge on any atom is 0.416 e. The summed E-state index contributed by atoms with van der Waals surface area (Å²) >= 11 is 0. The number of likely N-dealkylation sites (N-methyl/N-ethyl adjacent to an activating group) is 1. The van der Waals surface area contributed by atoms with Crippen LogP contribution in [0.2, 0.25) is 0 Å². The van der Waals surface area contributed by atoms with E-state index in [1.165, 1.54) is 28.2 Å². The maximum absolute atomic E-state index is 13.5. The Morgan fingerprint density at radius 3 is 1.95 bits per heavy atom. The van der Waals surface area contributed by atoms with Crippen LogP contribution in [0.4, 0.5) is 28.9 Å². The third kappa shape index (κ3) is 5.55. The zero-order valence-electron chi connectivity index (χ0n) is 21.4. The predicted molar refractivity (Wildman–Crippen MR) is 142 cm³/mol. The molecule has 2 aliphatic rings. The number of alkyl halides is 3. The molecule has 0 spiro atoms. The summed E-state index contributed by atoms with van der Waals surface area (Å²) in [6, 6.07) is 16.2. The van der Waals surface area contributed by atoms with E-state index in [0.29, 0.717) is 6.07 Å². The summed E-state index contributed by atoms with van der Waals surface area (Å²) in [7, 11) is 4.03. The third-order valence-electron chi connectivity index (χ3n) is 7.95. The minimum atomic E-state index is -4.57. The molecule has 2 aliphatic heterocycles. The number of piperidine rings is 1. The number of piperazine rings is 1. The number of rotatable bonds is 5. The van der Waals surface area contributed by atoms with Crippen molar-refractivity contribution in [2.24, 2.45) is 0 Å². The van der Waals surface area contributed by atoms with Gasteiger partial charge in [-0.3, -0.25) is 4.90 Å². The van der Waals surface area contributed by atoms with Gasteiger partial charge in [0.05, 0.1) is 5.56 Å². The Labute approximate surface area is 216 Å². The van der Waals surface area contributed by atoms with E-state index in [2.05, 4.69) is 58.1 Å². The van der Waals surface area contributed by atoms with E-state index in [9.17, 15) is 17.6 Å². The van der Waals surface area contributed by atoms with Gasteiger partial charge in [0.1, 0.15) is 5.82 Å². The normalized spacial score (nSPS) is 18.2. The topological polar surface area (TPSA) is 13.0 Å². The summed E-state index contributed by atoms with van der Waals surface area (Å²) < 4.78 is 53.9. The molecule has 0 bridgehead atoms. The second-order valence-electron chi connectivity index (χ2n) is 10.4. The molecule has 0 aromatic heterocycles. The first-order valence-electron chi connectivity index (χ1n) is 13.0. The highest BCUT2D eigenvalue weighted by molar-refractivity contribution is 6.02. The lowest BCUT2D eigenvalue weighted by atomic mass is 9.99. The molecule has 3 aromatic rings. The van der Waals surface area contributed by atoms with E-state index < -0.39 is 17.6 Å². The minimum Gasteiger partial charge on any atom is -0.371 e. The van der Waals surface area contributed by atoms with Crippen LogP contribution in [0.15, 0.2) is 54.6 Å². The Morgan fingerprint density at radius 1 is 0.811 bits per heavy atom. The van der Waals surface area contributed by atoms with E-state index >= 15 is 0 Å². The van der Waals surface area contributed by atoms with Crippen LogP contribution in [-0.4, -0.2) is 69.2 Å². The van der Waals surface area contributed by atoms with Gasteiger partial charge in [0.15, 0.2) is 0 Å². The molecule has 2 heterocycles. The lowest BCUT2D eigenvalue weighted by molar-refractivity contribution is -0.138. The molecule has 37 heavy (non-hydrogen) atoms. The summed E-state index contributed by atoms with van der Waals surface area (Å²) in [5.41, 5.74) is 1.72. The van der Waals surface area contributed by atoms with Crippen molar-refractivity contribution >= 4 is 22.1 Å². The van der Waals surface area contributed by atoms with Crippen molar-refractivity contribution in [3.8, 4) is 0 Å². The van der Waals surface area contributed by atoms with Crippen LogP contribution in [-0.2, 0) is 12.7 Å². The van der Waals surface area contributed by atoms with E-state index in [1.807, 2.05) is 11.9 Å². The summed E-state index contributed by atoms with van der Waals surface area (Å²) in [5.74, 6) is -0.863. The van der Waals surface area contributed by atoms with E-state index in [1.54, 1.807) is 0 Å². The van der Waals surface area contributed by atoms with Crippen molar-refractivity contribution in [3.05, 3.63) is 71.5 Å². The van der Waals surface area contributed by atoms with Crippen molar-refractivity contribution in [2.75, 3.05) is 63.2 Å². The molecule has 2 fully saturated rings. The largest absolute Gasteiger partial charge is 0.416 e. The first-order chi connectivity index (χ1) is 17.7. The van der Waals surface area contributed by atoms with Gasteiger partial charge in [0.2, 0.25) is 0 Å². The number of fused-ring (bicyclic) bond motifs is 1. The fraction of sp³-hybridized carbons (Fsp3) is 0.448. The second kappa shape index (κ2) is 10.5. The zero-order chi connectivity index (χ0) is 26.2. The van der Waals surface area contributed by atoms with Crippen molar-refractivity contribution in [1.82, 2.24) is 9.80 Å². The van der Waals surface area contributed by atoms with Gasteiger partial charge in [0, 0.05) is 74.0 Å². The molecule has 0 N–H and O–H groups in total. The highest BCUT2D eigenvalue weighted by Crippen LogP contribution is 2.37. The van der Waals surface area contributed by atoms with Gasteiger partial charge < -0.3 is 14.7 Å². The third-order valence-corrected chi connectivity index (χ3v) is 7.95. The Morgan fingerprint density at radius 2 is 1.38 bits per heavy atom. The van der Waals surface area contributed by atoms with Crippen LogP contribution in [0.3, 0.4) is 0 Å². The monoisotopic (exact) mass is 514 g/mol. The quantitative estimate of drug-likeness (QED) is 0.396. The summed E-state index contributed by atoms with van der Waals surface area (Å²) in [4.78, 5) is 9.21. The zero-order valence-corrected chi connectivity index (χ0v) is 21.4. The standard InChI is InChI=1S/C29H34F4N4/c1-34-15-17-37(18-16-34)28-10-9-27(24-5-3-4-6-25(24)28)36-13-11-23(12-14-36)35(2)20-21-7-8-22(30)19-26(21)29(31,32)33/h3-10,19,23H,11-18,20H2,1-2H3. The van der Waals surface area contributed by atoms with Crippen LogP contribution >= 0.6 is 0 Å². The van der Waals surface area contributed by atoms with E-state index in [4.69, 9.17) is 0 Å². The Kier molecular flexibility index (Phi) is 7.32. The lowest BCUT2D eigenvalue weighted by Crippen LogP contribution is -2.44. The lowest BCUT2D eigenvalue weighted by Gasteiger charge is -2.39. The Balaban J connectivity index is 1.29. The summed E-state index contributed by atoms with van der Waals surface area (Å²) in [6.07, 6.45) is -2.86. The van der Waals surface area contributed by atoms with Crippen molar-refractivity contribution in [1.29, 1.82) is 0 Å². The second-order valence-corrected chi connectivity index (χ2v) is 10.4. The molecular weight excluding hydrogens is 480 g/mol. The van der Waals surface area contributed by atoms with Crippen LogP contribution in [0.25, 0.3) is 10.8 Å². The molecule has 4 nitrogen and oxygen atoms in total. The van der Waals surface area contributed by atoms with Crippen LogP contribution < -0.4 is 9.80 Å². The SMILES string of the molecule is CN1CCN(c2ccc(N3CCC(N(C)Cc4ccc(F)cc4C(F)(F)F)CC3)c3ccccc23)CC1. The molecule has 8 heteroatoms. The molecule has 198 valence electrons. The molecule has 0 atom stereocenters. The number of hydrogen-bond acceptors (Lipinski definition) is 4. The maximum atomic E-state index is 13.5. The van der Waals surface area contributed by atoms with Crippen LogP contribution in [0.1, 0.15) is 24.0 Å². The van der Waals surface area contributed by atoms with Gasteiger partial charge in [-0.1, -0.05) is 30.3 Å². The number of hydrogen-bond donors (Lipinski definition) is 0. The Hall–Kier alpha value is -2.84. The van der Waals surface area contributed by atoms with E-state index in [0.717, 1.165) is 58.2 Å². The van der Waals surface area contributed by atoms with Crippen molar-refractivity contribution in [2.45, 2.75) is 31.6 Å². The minimum absolute atomic E-state index is 0.115. The summed E-state index contributed by atoms with van der Waals surface area (Å²) in [5, 5.41) is 2.51. The van der Waals surface area contributed by atoms with Gasteiger partial charge in [0.25, 0.3) is 0 Å². The van der Waals surface area contributed by atoms with Gasteiger partial charge in [-0.2, -0.15) is 13.2 Å².